The van der Waals surface area contributed by atoms with Crippen LogP contribution in [0.15, 0.2) is 78.9 Å². The third-order valence-electron chi connectivity index (χ3n) is 7.83. The number of hydrogen-bond donors (Lipinski definition) is 1. The highest BCUT2D eigenvalue weighted by atomic mass is 16.5. The number of benzene rings is 3. The van der Waals surface area contributed by atoms with Crippen LogP contribution in [-0.2, 0) is 27.3 Å². The smallest absolute Gasteiger partial charge is 0.250 e. The Bertz CT molecular complexity index is 1210. The molecule has 38 heavy (non-hydrogen) atoms. The molecule has 0 bridgehead atoms. The average molecular weight is 512 g/mol. The highest BCUT2D eigenvalue weighted by Crippen LogP contribution is 2.38. The molecule has 1 heterocycles. The second-order valence-electron chi connectivity index (χ2n) is 10.5. The van der Waals surface area contributed by atoms with Gasteiger partial charge in [0, 0.05) is 31.0 Å². The van der Waals surface area contributed by atoms with Gasteiger partial charge in [-0.05, 0) is 55.2 Å². The number of nitrogens with one attached hydrogen (secondary N) is 1. The van der Waals surface area contributed by atoms with Crippen molar-refractivity contribution in [3.05, 3.63) is 95.6 Å². The van der Waals surface area contributed by atoms with Crippen molar-refractivity contribution in [3.63, 3.8) is 0 Å². The first-order valence-electron chi connectivity index (χ1n) is 13.7. The fourth-order valence-electron chi connectivity index (χ4n) is 5.62. The summed E-state index contributed by atoms with van der Waals surface area (Å²) in [5.41, 5.74) is 4.17. The Labute approximate surface area is 225 Å². The Kier molecular flexibility index (Phi) is 8.08. The number of morpholine rings is 1. The molecule has 198 valence electrons. The maximum atomic E-state index is 14.0. The van der Waals surface area contributed by atoms with E-state index in [1.165, 1.54) is 5.56 Å². The fourth-order valence-corrected chi connectivity index (χ4v) is 5.62. The molecule has 1 saturated carbocycles. The number of carbonyl (C=O) groups excluding carboxylic acids is 2. The van der Waals surface area contributed by atoms with Gasteiger partial charge in [0.05, 0.1) is 19.6 Å². The summed E-state index contributed by atoms with van der Waals surface area (Å²) in [7, 11) is 0. The number of hydrogen-bond acceptors (Lipinski definition) is 4. The van der Waals surface area contributed by atoms with E-state index >= 15 is 0 Å². The fraction of sp³-hybridized carbons (Fsp3) is 0.375. The molecule has 1 N–H and O–H groups in total. The van der Waals surface area contributed by atoms with E-state index in [0.29, 0.717) is 19.4 Å². The minimum atomic E-state index is -0.875. The van der Waals surface area contributed by atoms with E-state index in [0.717, 1.165) is 61.6 Å². The van der Waals surface area contributed by atoms with Crippen LogP contribution < -0.4 is 10.2 Å². The summed E-state index contributed by atoms with van der Waals surface area (Å²) in [6, 6.07) is 26.1. The first-order valence-corrected chi connectivity index (χ1v) is 13.7. The zero-order valence-electron chi connectivity index (χ0n) is 22.2. The maximum absolute atomic E-state index is 14.0. The monoisotopic (exact) mass is 511 g/mol. The second-order valence-corrected chi connectivity index (χ2v) is 10.5. The predicted octanol–water partition coefficient (Wildman–Crippen LogP) is 5.35. The van der Waals surface area contributed by atoms with E-state index in [9.17, 15) is 9.59 Å². The van der Waals surface area contributed by atoms with Crippen LogP contribution in [0.25, 0.3) is 0 Å². The minimum absolute atomic E-state index is 0.0171. The van der Waals surface area contributed by atoms with Gasteiger partial charge < -0.3 is 19.9 Å². The van der Waals surface area contributed by atoms with Crippen LogP contribution in [0.2, 0.25) is 0 Å². The lowest BCUT2D eigenvalue weighted by Crippen LogP contribution is -2.57. The topological polar surface area (TPSA) is 61.9 Å². The molecule has 0 radical (unpaired) electrons. The molecule has 2 aliphatic rings. The lowest BCUT2D eigenvalue weighted by Gasteiger charge is -2.40. The van der Waals surface area contributed by atoms with Crippen LogP contribution in [0.3, 0.4) is 0 Å². The Morgan fingerprint density at radius 3 is 2.18 bits per heavy atom. The molecule has 1 aliphatic carbocycles. The summed E-state index contributed by atoms with van der Waals surface area (Å²) in [6.45, 7) is 5.66. The van der Waals surface area contributed by atoms with Gasteiger partial charge in [0.1, 0.15) is 5.54 Å². The molecule has 0 atom stereocenters. The lowest BCUT2D eigenvalue weighted by atomic mass is 9.91. The third kappa shape index (κ3) is 5.91. The molecule has 3 aromatic carbocycles. The summed E-state index contributed by atoms with van der Waals surface area (Å²) in [6.07, 6.45) is 3.45. The van der Waals surface area contributed by atoms with Crippen molar-refractivity contribution >= 4 is 23.2 Å². The van der Waals surface area contributed by atoms with E-state index in [1.807, 2.05) is 59.5 Å². The summed E-state index contributed by atoms with van der Waals surface area (Å²) in [5.74, 6) is -0.112. The van der Waals surface area contributed by atoms with Crippen molar-refractivity contribution in [2.45, 2.75) is 51.1 Å². The molecule has 2 amide bonds. The zero-order chi connectivity index (χ0) is 26.4. The van der Waals surface area contributed by atoms with Crippen LogP contribution >= 0.6 is 0 Å². The molecule has 0 aromatic heterocycles. The number of aryl methyl sites for hydroxylation is 1. The summed E-state index contributed by atoms with van der Waals surface area (Å²) >= 11 is 0. The van der Waals surface area contributed by atoms with Crippen LogP contribution in [0.4, 0.5) is 11.4 Å². The molecule has 1 saturated heterocycles. The molecule has 2 fully saturated rings. The van der Waals surface area contributed by atoms with Crippen molar-refractivity contribution in [2.75, 3.05) is 36.5 Å². The van der Waals surface area contributed by atoms with Crippen molar-refractivity contribution in [1.29, 1.82) is 0 Å². The predicted molar refractivity (Wildman–Crippen MR) is 151 cm³/mol. The largest absolute Gasteiger partial charge is 0.378 e. The minimum Gasteiger partial charge on any atom is -0.378 e. The SMILES string of the molecule is Cc1ccc(CN(C(=O)Cc2ccccc2)C2(C(=O)Nc3ccc(N4CCOCC4)cc3)CCCC2)cc1. The highest BCUT2D eigenvalue weighted by Gasteiger charge is 2.48. The van der Waals surface area contributed by atoms with Crippen molar-refractivity contribution in [3.8, 4) is 0 Å². The lowest BCUT2D eigenvalue weighted by molar-refractivity contribution is -0.145. The Hall–Kier alpha value is -3.64. The molecular weight excluding hydrogens is 474 g/mol. The van der Waals surface area contributed by atoms with Crippen LogP contribution in [-0.4, -0.2) is 48.6 Å². The van der Waals surface area contributed by atoms with Gasteiger partial charge in [-0.1, -0.05) is 73.0 Å². The molecule has 5 rings (SSSR count). The highest BCUT2D eigenvalue weighted by molar-refractivity contribution is 6.01. The third-order valence-corrected chi connectivity index (χ3v) is 7.83. The van der Waals surface area contributed by atoms with Crippen LogP contribution in [0.1, 0.15) is 42.4 Å². The molecule has 3 aromatic rings. The molecule has 6 nitrogen and oxygen atoms in total. The first-order chi connectivity index (χ1) is 18.5. The number of anilines is 2. The van der Waals surface area contributed by atoms with Gasteiger partial charge in [0.25, 0.3) is 0 Å². The van der Waals surface area contributed by atoms with Gasteiger partial charge in [-0.2, -0.15) is 0 Å². The van der Waals surface area contributed by atoms with Crippen LogP contribution in [0.5, 0.6) is 0 Å². The Balaban J connectivity index is 1.39. The van der Waals surface area contributed by atoms with Gasteiger partial charge in [-0.25, -0.2) is 0 Å². The molecular formula is C32H37N3O3. The molecule has 0 spiro atoms. The second kappa shape index (κ2) is 11.8. The summed E-state index contributed by atoms with van der Waals surface area (Å²) in [4.78, 5) is 32.1. The Morgan fingerprint density at radius 2 is 1.53 bits per heavy atom. The number of carbonyl (C=O) groups is 2. The number of rotatable bonds is 8. The summed E-state index contributed by atoms with van der Waals surface area (Å²) < 4.78 is 5.46. The average Bonchev–Trinajstić information content (AvgIpc) is 3.45. The molecule has 0 unspecified atom stereocenters. The normalized spacial score (nSPS) is 16.7. The first kappa shape index (κ1) is 26.0. The van der Waals surface area contributed by atoms with Crippen molar-refractivity contribution in [2.24, 2.45) is 0 Å². The molecule has 6 heteroatoms. The van der Waals surface area contributed by atoms with Gasteiger partial charge in [-0.3, -0.25) is 9.59 Å². The Morgan fingerprint density at radius 1 is 0.868 bits per heavy atom. The number of ether oxygens (including phenoxy) is 1. The number of amides is 2. The van der Waals surface area contributed by atoms with Gasteiger partial charge in [0.15, 0.2) is 0 Å². The standard InChI is InChI=1S/C32H37N3O3/c1-25-9-11-27(12-10-25)24-35(30(36)23-26-7-3-2-4-8-26)32(17-5-6-18-32)31(37)33-28-13-15-29(16-14-28)34-19-21-38-22-20-34/h2-4,7-16H,5-6,17-24H2,1H3,(H,33,37). The van der Waals surface area contributed by atoms with E-state index in [4.69, 9.17) is 4.74 Å². The van der Waals surface area contributed by atoms with E-state index in [1.54, 1.807) is 0 Å². The maximum Gasteiger partial charge on any atom is 0.250 e. The van der Waals surface area contributed by atoms with E-state index in [-0.39, 0.29) is 18.2 Å². The van der Waals surface area contributed by atoms with E-state index in [2.05, 4.69) is 41.4 Å². The quantitative estimate of drug-likeness (QED) is 0.443. The van der Waals surface area contributed by atoms with Gasteiger partial charge in [0.2, 0.25) is 11.8 Å². The van der Waals surface area contributed by atoms with Crippen molar-refractivity contribution < 1.29 is 14.3 Å². The van der Waals surface area contributed by atoms with Gasteiger partial charge >= 0.3 is 0 Å². The van der Waals surface area contributed by atoms with E-state index < -0.39 is 5.54 Å². The van der Waals surface area contributed by atoms with Gasteiger partial charge in [-0.15, -0.1) is 0 Å². The zero-order valence-corrected chi connectivity index (χ0v) is 22.2. The van der Waals surface area contributed by atoms with Crippen molar-refractivity contribution in [1.82, 2.24) is 4.90 Å². The molecule has 1 aliphatic heterocycles. The summed E-state index contributed by atoms with van der Waals surface area (Å²) in [5, 5.41) is 3.17. The number of nitrogens with zero attached hydrogens (tertiary/aromatic N) is 2. The van der Waals surface area contributed by atoms with Crippen LogP contribution in [0, 0.1) is 6.92 Å².